The van der Waals surface area contributed by atoms with Crippen molar-refractivity contribution >= 4 is 5.91 Å². The van der Waals surface area contributed by atoms with Gasteiger partial charge in [0.15, 0.2) is 0 Å². The van der Waals surface area contributed by atoms with Crippen LogP contribution in [0.1, 0.15) is 39.5 Å². The second-order valence-corrected chi connectivity index (χ2v) is 6.05. The normalized spacial score (nSPS) is 25.3. The molecule has 18 heavy (non-hydrogen) atoms. The molecular formula is C14H27N3O. The Balaban J connectivity index is 1.78. The SMILES string of the molecule is CC(C)NC1CCCN(CCN(C)C2CC2)C1=O. The van der Waals surface area contributed by atoms with Gasteiger partial charge in [0.1, 0.15) is 0 Å². The fraction of sp³-hybridized carbons (Fsp3) is 0.929. The molecule has 1 aliphatic heterocycles. The van der Waals surface area contributed by atoms with E-state index in [1.54, 1.807) is 0 Å². The minimum absolute atomic E-state index is 0.0463. The lowest BCUT2D eigenvalue weighted by Crippen LogP contribution is -2.53. The largest absolute Gasteiger partial charge is 0.340 e. The zero-order valence-electron chi connectivity index (χ0n) is 12.0. The Morgan fingerprint density at radius 2 is 2.11 bits per heavy atom. The van der Waals surface area contributed by atoms with Crippen LogP contribution in [0.3, 0.4) is 0 Å². The Hall–Kier alpha value is -0.610. The van der Waals surface area contributed by atoms with Gasteiger partial charge in [0.05, 0.1) is 6.04 Å². The van der Waals surface area contributed by atoms with Crippen molar-refractivity contribution < 1.29 is 4.79 Å². The Labute approximate surface area is 111 Å². The van der Waals surface area contributed by atoms with Gasteiger partial charge < -0.3 is 15.1 Å². The van der Waals surface area contributed by atoms with Crippen LogP contribution in [0, 0.1) is 0 Å². The number of nitrogens with one attached hydrogen (secondary N) is 1. The maximum absolute atomic E-state index is 12.3. The molecule has 1 amide bonds. The zero-order valence-corrected chi connectivity index (χ0v) is 12.0. The second-order valence-electron chi connectivity index (χ2n) is 6.05. The highest BCUT2D eigenvalue weighted by atomic mass is 16.2. The smallest absolute Gasteiger partial charge is 0.239 e. The minimum atomic E-state index is 0.0463. The molecule has 0 aromatic rings. The molecule has 0 aromatic heterocycles. The monoisotopic (exact) mass is 253 g/mol. The minimum Gasteiger partial charge on any atom is -0.340 e. The van der Waals surface area contributed by atoms with Crippen molar-refractivity contribution in [1.82, 2.24) is 15.1 Å². The number of nitrogens with zero attached hydrogens (tertiary/aromatic N) is 2. The number of piperidine rings is 1. The van der Waals surface area contributed by atoms with Gasteiger partial charge in [-0.05, 0) is 32.7 Å². The summed E-state index contributed by atoms with van der Waals surface area (Å²) in [5.41, 5.74) is 0. The molecule has 2 aliphatic rings. The first-order valence-electron chi connectivity index (χ1n) is 7.33. The number of likely N-dealkylation sites (N-methyl/N-ethyl adjacent to an activating group) is 1. The van der Waals surface area contributed by atoms with Gasteiger partial charge in [-0.25, -0.2) is 0 Å². The summed E-state index contributed by atoms with van der Waals surface area (Å²) in [4.78, 5) is 16.7. The van der Waals surface area contributed by atoms with Crippen LogP contribution in [-0.4, -0.2) is 60.5 Å². The maximum Gasteiger partial charge on any atom is 0.239 e. The van der Waals surface area contributed by atoms with Crippen molar-refractivity contribution in [2.75, 3.05) is 26.7 Å². The van der Waals surface area contributed by atoms with Crippen LogP contribution in [0.15, 0.2) is 0 Å². The number of amides is 1. The summed E-state index contributed by atoms with van der Waals surface area (Å²) in [6.07, 6.45) is 4.79. The van der Waals surface area contributed by atoms with E-state index in [0.717, 1.165) is 38.5 Å². The lowest BCUT2D eigenvalue weighted by Gasteiger charge is -2.34. The Morgan fingerprint density at radius 3 is 2.72 bits per heavy atom. The van der Waals surface area contributed by atoms with Crippen molar-refractivity contribution in [1.29, 1.82) is 0 Å². The molecule has 4 nitrogen and oxygen atoms in total. The molecule has 0 radical (unpaired) electrons. The Bertz CT molecular complexity index is 289. The highest BCUT2D eigenvalue weighted by molar-refractivity contribution is 5.82. The molecule has 2 rings (SSSR count). The van der Waals surface area contributed by atoms with E-state index in [1.807, 2.05) is 4.90 Å². The van der Waals surface area contributed by atoms with Crippen LogP contribution in [0.2, 0.25) is 0 Å². The van der Waals surface area contributed by atoms with E-state index in [1.165, 1.54) is 12.8 Å². The average molecular weight is 253 g/mol. The fourth-order valence-electron chi connectivity index (χ4n) is 2.70. The summed E-state index contributed by atoms with van der Waals surface area (Å²) in [5, 5.41) is 3.38. The molecule has 1 N–H and O–H groups in total. The van der Waals surface area contributed by atoms with Crippen molar-refractivity contribution in [3.63, 3.8) is 0 Å². The van der Waals surface area contributed by atoms with Gasteiger partial charge in [-0.1, -0.05) is 13.8 Å². The van der Waals surface area contributed by atoms with E-state index >= 15 is 0 Å². The van der Waals surface area contributed by atoms with Crippen LogP contribution in [-0.2, 0) is 4.79 Å². The standard InChI is InChI=1S/C14H27N3O/c1-11(2)15-13-5-4-8-17(14(13)18)10-9-16(3)12-6-7-12/h11-13,15H,4-10H2,1-3H3. The first-order valence-corrected chi connectivity index (χ1v) is 7.33. The quantitative estimate of drug-likeness (QED) is 0.769. The van der Waals surface area contributed by atoms with E-state index in [-0.39, 0.29) is 6.04 Å². The van der Waals surface area contributed by atoms with E-state index in [2.05, 4.69) is 31.1 Å². The molecule has 1 saturated heterocycles. The molecule has 0 bridgehead atoms. The lowest BCUT2D eigenvalue weighted by molar-refractivity contribution is -0.136. The predicted octanol–water partition coefficient (Wildman–Crippen LogP) is 1.07. The third-order valence-corrected chi connectivity index (χ3v) is 3.96. The van der Waals surface area contributed by atoms with E-state index < -0.39 is 0 Å². The van der Waals surface area contributed by atoms with Crippen LogP contribution in [0.5, 0.6) is 0 Å². The Kier molecular flexibility index (Phi) is 4.62. The summed E-state index contributed by atoms with van der Waals surface area (Å²) >= 11 is 0. The van der Waals surface area contributed by atoms with E-state index in [0.29, 0.717) is 11.9 Å². The fourth-order valence-corrected chi connectivity index (χ4v) is 2.70. The van der Waals surface area contributed by atoms with Crippen molar-refractivity contribution in [3.8, 4) is 0 Å². The summed E-state index contributed by atoms with van der Waals surface area (Å²) in [6.45, 7) is 7.06. The highest BCUT2D eigenvalue weighted by Gasteiger charge is 2.30. The molecule has 1 saturated carbocycles. The van der Waals surface area contributed by atoms with Gasteiger partial charge in [0.25, 0.3) is 0 Å². The zero-order chi connectivity index (χ0) is 13.1. The van der Waals surface area contributed by atoms with Gasteiger partial charge >= 0.3 is 0 Å². The van der Waals surface area contributed by atoms with Crippen LogP contribution in [0.25, 0.3) is 0 Å². The molecule has 2 fully saturated rings. The molecule has 0 spiro atoms. The first-order chi connectivity index (χ1) is 8.58. The van der Waals surface area contributed by atoms with Crippen molar-refractivity contribution in [2.45, 2.75) is 57.7 Å². The number of carbonyl (C=O) groups is 1. The number of carbonyl (C=O) groups excluding carboxylic acids is 1. The van der Waals surface area contributed by atoms with Crippen LogP contribution >= 0.6 is 0 Å². The third-order valence-electron chi connectivity index (χ3n) is 3.96. The molecule has 1 unspecified atom stereocenters. The highest BCUT2D eigenvalue weighted by Crippen LogP contribution is 2.25. The summed E-state index contributed by atoms with van der Waals surface area (Å²) in [6, 6.07) is 1.22. The number of rotatable bonds is 6. The first kappa shape index (κ1) is 13.8. The van der Waals surface area contributed by atoms with Crippen molar-refractivity contribution in [2.24, 2.45) is 0 Å². The van der Waals surface area contributed by atoms with Gasteiger partial charge in [0.2, 0.25) is 5.91 Å². The summed E-state index contributed by atoms with van der Waals surface area (Å²) < 4.78 is 0. The summed E-state index contributed by atoms with van der Waals surface area (Å²) in [7, 11) is 2.18. The summed E-state index contributed by atoms with van der Waals surface area (Å²) in [5.74, 6) is 0.305. The number of likely N-dealkylation sites (tertiary alicyclic amines) is 1. The molecule has 1 aliphatic carbocycles. The predicted molar refractivity (Wildman–Crippen MR) is 73.5 cm³/mol. The molecule has 0 aromatic carbocycles. The van der Waals surface area contributed by atoms with Crippen LogP contribution < -0.4 is 5.32 Å². The van der Waals surface area contributed by atoms with Crippen molar-refractivity contribution in [3.05, 3.63) is 0 Å². The van der Waals surface area contributed by atoms with Gasteiger partial charge in [-0.15, -0.1) is 0 Å². The average Bonchev–Trinajstić information content (AvgIpc) is 3.13. The van der Waals surface area contributed by atoms with Gasteiger partial charge in [-0.3, -0.25) is 4.79 Å². The van der Waals surface area contributed by atoms with Gasteiger partial charge in [0, 0.05) is 31.7 Å². The molecule has 104 valence electrons. The second kappa shape index (κ2) is 6.02. The number of hydrogen-bond donors (Lipinski definition) is 1. The van der Waals surface area contributed by atoms with E-state index in [9.17, 15) is 4.79 Å². The molecule has 4 heteroatoms. The molecule has 1 heterocycles. The third kappa shape index (κ3) is 3.69. The Morgan fingerprint density at radius 1 is 1.39 bits per heavy atom. The number of hydrogen-bond acceptors (Lipinski definition) is 3. The topological polar surface area (TPSA) is 35.6 Å². The van der Waals surface area contributed by atoms with Crippen LogP contribution in [0.4, 0.5) is 0 Å². The van der Waals surface area contributed by atoms with Gasteiger partial charge in [-0.2, -0.15) is 0 Å². The molecular weight excluding hydrogens is 226 g/mol. The molecule has 1 atom stereocenters. The lowest BCUT2D eigenvalue weighted by atomic mass is 10.0. The maximum atomic E-state index is 12.3. The van der Waals surface area contributed by atoms with E-state index in [4.69, 9.17) is 0 Å².